The Bertz CT molecular complexity index is 1830. The zero-order valence-corrected chi connectivity index (χ0v) is 29.3. The molecule has 0 spiro atoms. The van der Waals surface area contributed by atoms with Crippen LogP contribution in [0.5, 0.6) is 0 Å². The molecular weight excluding hydrogens is 629 g/mol. The third kappa shape index (κ3) is 6.30. The molecule has 0 bridgehead atoms. The molecule has 1 heterocycles. The van der Waals surface area contributed by atoms with Gasteiger partial charge in [0.25, 0.3) is 0 Å². The number of benzene rings is 2. The van der Waals surface area contributed by atoms with Crippen LogP contribution in [-0.2, 0) is 19.1 Å². The smallest absolute Gasteiger partial charge is 0.339 e. The molecule has 0 fully saturated rings. The minimum atomic E-state index is -2.62. The zero-order chi connectivity index (χ0) is 35.3. The van der Waals surface area contributed by atoms with Crippen molar-refractivity contribution in [2.75, 3.05) is 39.7 Å². The lowest BCUT2D eigenvalue weighted by Gasteiger charge is -2.38. The van der Waals surface area contributed by atoms with Crippen molar-refractivity contribution in [3.8, 4) is 0 Å². The molecule has 4 rings (SSSR count). The molecule has 8 nitrogen and oxygen atoms in total. The molecule has 0 aromatic heterocycles. The van der Waals surface area contributed by atoms with Crippen LogP contribution in [0.1, 0.15) is 60.7 Å². The van der Waals surface area contributed by atoms with Gasteiger partial charge in [-0.05, 0) is 73.0 Å². The molecule has 1 atom stereocenters. The maximum Gasteiger partial charge on any atom is 0.339 e. The van der Waals surface area contributed by atoms with Gasteiger partial charge in [0.1, 0.15) is 39.2 Å². The van der Waals surface area contributed by atoms with Gasteiger partial charge >= 0.3 is 17.9 Å². The number of carbonyl (C=O) groups is 3. The molecule has 2 aromatic carbocycles. The van der Waals surface area contributed by atoms with Gasteiger partial charge < -0.3 is 19.5 Å². The minimum absolute atomic E-state index is 0.000662. The van der Waals surface area contributed by atoms with Crippen molar-refractivity contribution in [3.63, 3.8) is 0 Å². The maximum absolute atomic E-state index is 17.2. The van der Waals surface area contributed by atoms with Crippen LogP contribution in [0.4, 0.5) is 18.9 Å². The lowest BCUT2D eigenvalue weighted by Crippen LogP contribution is -2.50. The van der Waals surface area contributed by atoms with Crippen molar-refractivity contribution in [2.45, 2.75) is 52.3 Å². The van der Waals surface area contributed by atoms with Crippen LogP contribution in [0.25, 0.3) is 5.57 Å². The number of allylic oxidation sites excluding steroid dienone is 5. The number of aromatic carboxylic acids is 1. The van der Waals surface area contributed by atoms with Crippen molar-refractivity contribution >= 4 is 48.1 Å². The molecule has 12 heteroatoms. The van der Waals surface area contributed by atoms with Crippen LogP contribution in [0.2, 0.25) is 13.1 Å². The van der Waals surface area contributed by atoms with Crippen molar-refractivity contribution in [3.05, 3.63) is 86.9 Å². The maximum atomic E-state index is 17.2. The third-order valence-electron chi connectivity index (χ3n) is 8.20. The van der Waals surface area contributed by atoms with E-state index < -0.39 is 71.6 Å². The number of carbonyl (C=O) groups excluding carboxylic acids is 2. The summed E-state index contributed by atoms with van der Waals surface area (Å²) in [5.74, 6) is -12.6. The van der Waals surface area contributed by atoms with Gasteiger partial charge in [-0.15, -0.1) is 0 Å². The topological polar surface area (TPSA) is 96.2 Å². The standard InChI is InChI=1S/C35H39F3N2O6Si/c1-11-45-33(43)28(34(44)46-35(2,3)4)26-29(36)25(27(32(41)42)31(38)30(26)37)24-20-14-12-18(39(5)6)16-22(20)47(9,10)23-17-19(40(7)8)13-15-21(23)24/h12-17,28H,11H2,1-10H3/p+1. The quantitative estimate of drug-likeness (QED) is 0.140. The first kappa shape index (κ1) is 35.4. The van der Waals surface area contributed by atoms with Gasteiger partial charge in [0.05, 0.1) is 12.2 Å². The average Bonchev–Trinajstić information content (AvgIpc) is 2.96. The van der Waals surface area contributed by atoms with E-state index in [9.17, 15) is 19.5 Å². The summed E-state index contributed by atoms with van der Waals surface area (Å²) in [5, 5.41) is 11.9. The van der Waals surface area contributed by atoms with E-state index in [-0.39, 0.29) is 12.2 Å². The Morgan fingerprint density at radius 3 is 2.17 bits per heavy atom. The molecule has 2 aliphatic rings. The van der Waals surface area contributed by atoms with Crippen molar-refractivity contribution in [1.82, 2.24) is 0 Å². The molecule has 0 radical (unpaired) electrons. The van der Waals surface area contributed by atoms with Crippen LogP contribution >= 0.6 is 0 Å². The van der Waals surface area contributed by atoms with Gasteiger partial charge in [-0.25, -0.2) is 22.5 Å². The van der Waals surface area contributed by atoms with Crippen molar-refractivity contribution in [2.24, 2.45) is 0 Å². The molecule has 0 saturated heterocycles. The number of hydrogen-bond donors (Lipinski definition) is 1. The summed E-state index contributed by atoms with van der Waals surface area (Å²) in [7, 11) is 4.82. The van der Waals surface area contributed by atoms with Crippen LogP contribution in [0.15, 0.2) is 47.2 Å². The highest BCUT2D eigenvalue weighted by Crippen LogP contribution is 2.46. The average molecular weight is 670 g/mol. The molecule has 0 saturated carbocycles. The van der Waals surface area contributed by atoms with Crippen LogP contribution in [0, 0.1) is 17.5 Å². The van der Waals surface area contributed by atoms with E-state index in [1.807, 2.05) is 49.8 Å². The third-order valence-corrected chi connectivity index (χ3v) is 11.7. The first-order valence-electron chi connectivity index (χ1n) is 15.1. The summed E-state index contributed by atoms with van der Waals surface area (Å²) in [6.45, 7) is 9.83. The molecule has 250 valence electrons. The van der Waals surface area contributed by atoms with Crippen LogP contribution in [-0.4, -0.2) is 81.8 Å². The molecule has 2 aromatic rings. The summed E-state index contributed by atoms with van der Waals surface area (Å²) in [6, 6.07) is 5.41. The molecule has 1 N–H and O–H groups in total. The van der Waals surface area contributed by atoms with Gasteiger partial charge in [-0.3, -0.25) is 9.59 Å². The lowest BCUT2D eigenvalue weighted by atomic mass is 9.83. The summed E-state index contributed by atoms with van der Waals surface area (Å²) in [4.78, 5) is 41.1. The number of carboxylic acid groups (broad SMARTS) is 1. The number of nitrogens with zero attached hydrogens (tertiary/aromatic N) is 2. The number of esters is 2. The van der Waals surface area contributed by atoms with Gasteiger partial charge in [0.2, 0.25) is 0 Å². The summed E-state index contributed by atoms with van der Waals surface area (Å²) >= 11 is 0. The van der Waals surface area contributed by atoms with E-state index in [1.165, 1.54) is 27.7 Å². The van der Waals surface area contributed by atoms with E-state index in [0.29, 0.717) is 11.1 Å². The number of ether oxygens (including phenoxy) is 2. The monoisotopic (exact) mass is 669 g/mol. The second-order valence-electron chi connectivity index (χ2n) is 13.4. The number of fused-ring (bicyclic) bond motifs is 2. The lowest BCUT2D eigenvalue weighted by molar-refractivity contribution is -0.462. The Labute approximate surface area is 273 Å². The first-order chi connectivity index (χ1) is 21.7. The van der Waals surface area contributed by atoms with Crippen molar-refractivity contribution in [1.29, 1.82) is 0 Å². The number of anilines is 1. The van der Waals surface area contributed by atoms with Crippen LogP contribution < -0.4 is 10.1 Å². The molecule has 1 aliphatic heterocycles. The molecule has 0 amide bonds. The van der Waals surface area contributed by atoms with Gasteiger partial charge in [-0.1, -0.05) is 19.2 Å². The molecule has 1 unspecified atom stereocenters. The van der Waals surface area contributed by atoms with E-state index >= 15 is 13.2 Å². The fraction of sp³-hybridized carbons (Fsp3) is 0.371. The number of halogens is 3. The molecule has 1 aliphatic carbocycles. The summed E-state index contributed by atoms with van der Waals surface area (Å²) in [5.41, 5.74) is -2.02. The highest BCUT2D eigenvalue weighted by atomic mass is 28.3. The zero-order valence-electron chi connectivity index (χ0n) is 28.3. The Kier molecular flexibility index (Phi) is 9.51. The number of carboxylic acids is 1. The fourth-order valence-corrected chi connectivity index (χ4v) is 9.01. The normalized spacial score (nSPS) is 15.8. The van der Waals surface area contributed by atoms with E-state index in [4.69, 9.17) is 9.47 Å². The molecule has 47 heavy (non-hydrogen) atoms. The predicted octanol–water partition coefficient (Wildman–Crippen LogP) is 5.34. The van der Waals surface area contributed by atoms with Gasteiger partial charge in [0.15, 0.2) is 23.3 Å². The van der Waals surface area contributed by atoms with E-state index in [1.54, 1.807) is 24.3 Å². The Hall–Kier alpha value is -4.45. The summed E-state index contributed by atoms with van der Waals surface area (Å²) < 4.78 is 61.5. The predicted molar refractivity (Wildman–Crippen MR) is 177 cm³/mol. The number of hydrogen-bond acceptors (Lipinski definition) is 6. The highest BCUT2D eigenvalue weighted by Gasteiger charge is 2.46. The van der Waals surface area contributed by atoms with E-state index in [0.717, 1.165) is 21.8 Å². The summed E-state index contributed by atoms with van der Waals surface area (Å²) in [6.07, 6.45) is 5.41. The number of rotatable bonds is 7. The Morgan fingerprint density at radius 1 is 1.00 bits per heavy atom. The Morgan fingerprint density at radius 2 is 1.64 bits per heavy atom. The van der Waals surface area contributed by atoms with Gasteiger partial charge in [0, 0.05) is 37.5 Å². The first-order valence-corrected chi connectivity index (χ1v) is 18.1. The second kappa shape index (κ2) is 12.6. The minimum Gasteiger partial charge on any atom is -0.478 e. The largest absolute Gasteiger partial charge is 0.478 e. The van der Waals surface area contributed by atoms with Gasteiger partial charge in [-0.2, -0.15) is 0 Å². The molecular formula is C35H40F3N2O6Si+. The SMILES string of the molecule is CCOC(=O)C(C(=O)OC(C)(C)C)c1c(F)c(F)c(C(=O)O)c(C2=C3C=CC(=[N+](C)C)C=C3[Si](C)(C)c3cc(N(C)C)ccc32)c1F. The second-order valence-corrected chi connectivity index (χ2v) is 17.7. The Balaban J connectivity index is 2.24. The fourth-order valence-electron chi connectivity index (χ4n) is 5.94. The van der Waals surface area contributed by atoms with E-state index in [2.05, 4.69) is 13.1 Å². The van der Waals surface area contributed by atoms with Crippen molar-refractivity contribution < 1.29 is 46.7 Å². The highest BCUT2D eigenvalue weighted by molar-refractivity contribution is 6.98. The van der Waals surface area contributed by atoms with Crippen LogP contribution in [0.3, 0.4) is 0 Å².